The number of carboxylic acids is 1. The highest BCUT2D eigenvalue weighted by Crippen LogP contribution is 2.27. The van der Waals surface area contributed by atoms with Crippen LogP contribution in [0, 0.1) is 0 Å². The summed E-state index contributed by atoms with van der Waals surface area (Å²) in [6.07, 6.45) is 0. The minimum absolute atomic E-state index is 0.0217. The van der Waals surface area contributed by atoms with Crippen LogP contribution in [0.2, 0.25) is 10.0 Å². The normalized spacial score (nSPS) is 11.3. The monoisotopic (exact) mass is 519 g/mol. The fourth-order valence-corrected chi connectivity index (χ4v) is 3.89. The summed E-state index contributed by atoms with van der Waals surface area (Å²) in [5.74, 6) is -3.50. The Hall–Kier alpha value is -3.56. The van der Waals surface area contributed by atoms with Gasteiger partial charge in [-0.05, 0) is 34.7 Å². The maximum Gasteiger partial charge on any atom is 0.338 e. The van der Waals surface area contributed by atoms with E-state index >= 15 is 0 Å². The van der Waals surface area contributed by atoms with Gasteiger partial charge in [-0.3, -0.25) is 19.0 Å². The van der Waals surface area contributed by atoms with Crippen LogP contribution in [0.25, 0.3) is 5.69 Å². The van der Waals surface area contributed by atoms with E-state index in [9.17, 15) is 24.3 Å². The van der Waals surface area contributed by atoms with E-state index in [1.54, 1.807) is 12.1 Å². The third-order valence-electron chi connectivity index (χ3n) is 5.26. The molecule has 0 aliphatic heterocycles. The molecule has 0 unspecified atom stereocenters. The number of hydrogen-bond acceptors (Lipinski definition) is 5. The Labute approximate surface area is 210 Å². The molecule has 0 fully saturated rings. The highest BCUT2D eigenvalue weighted by Gasteiger charge is 2.26. The summed E-state index contributed by atoms with van der Waals surface area (Å²) in [4.78, 5) is 50.1. The van der Waals surface area contributed by atoms with E-state index in [2.05, 4.69) is 0 Å². The summed E-state index contributed by atoms with van der Waals surface area (Å²) in [7, 11) is 0. The number of carbonyl (C=O) groups excluding carboxylic acids is 1. The summed E-state index contributed by atoms with van der Waals surface area (Å²) in [5, 5.41) is 21.9. The van der Waals surface area contributed by atoms with E-state index in [-0.39, 0.29) is 27.7 Å². The lowest BCUT2D eigenvalue weighted by molar-refractivity contribution is -0.135. The lowest BCUT2D eigenvalue weighted by Gasteiger charge is -2.19. The SMILES string of the molecule is CC(C)(C)c1ccc(Cn2c(=O)c(C(=O)NCC(=O)O)c(O)n(-c3ccc(Cl)cc3Cl)c2=O)cc1. The number of aromatic nitrogens is 2. The minimum atomic E-state index is -1.36. The average Bonchev–Trinajstić information content (AvgIpc) is 2.76. The fourth-order valence-electron chi connectivity index (χ4n) is 3.40. The van der Waals surface area contributed by atoms with Gasteiger partial charge in [-0.25, -0.2) is 9.36 Å². The molecule has 1 amide bonds. The van der Waals surface area contributed by atoms with Crippen LogP contribution in [0.3, 0.4) is 0 Å². The Bertz CT molecular complexity index is 1420. The molecule has 0 radical (unpaired) electrons. The predicted octanol–water partition coefficient (Wildman–Crippen LogP) is 3.17. The van der Waals surface area contributed by atoms with Crippen LogP contribution < -0.4 is 16.6 Å². The number of carboxylic acid groups (broad SMARTS) is 1. The van der Waals surface area contributed by atoms with Gasteiger partial charge in [-0.1, -0.05) is 68.2 Å². The van der Waals surface area contributed by atoms with Crippen LogP contribution in [-0.2, 0) is 16.8 Å². The van der Waals surface area contributed by atoms with Crippen molar-refractivity contribution in [2.45, 2.75) is 32.7 Å². The molecule has 0 spiro atoms. The number of hydrogen-bond donors (Lipinski definition) is 3. The smallest absolute Gasteiger partial charge is 0.338 e. The number of aromatic hydroxyl groups is 1. The van der Waals surface area contributed by atoms with Crippen molar-refractivity contribution in [2.75, 3.05) is 6.54 Å². The molecule has 9 nitrogen and oxygen atoms in total. The van der Waals surface area contributed by atoms with Gasteiger partial charge in [0, 0.05) is 5.02 Å². The number of nitrogens with zero attached hydrogens (tertiary/aromatic N) is 2. The molecule has 0 bridgehead atoms. The first-order valence-corrected chi connectivity index (χ1v) is 11.2. The Morgan fingerprint density at radius 3 is 2.20 bits per heavy atom. The maximum atomic E-state index is 13.4. The van der Waals surface area contributed by atoms with Gasteiger partial charge in [0.25, 0.3) is 11.5 Å². The average molecular weight is 520 g/mol. The number of halogens is 2. The van der Waals surface area contributed by atoms with E-state index < -0.39 is 41.1 Å². The lowest BCUT2D eigenvalue weighted by Crippen LogP contribution is -2.44. The van der Waals surface area contributed by atoms with Gasteiger partial charge in [0.1, 0.15) is 6.54 Å². The third-order valence-corrected chi connectivity index (χ3v) is 5.79. The van der Waals surface area contributed by atoms with Crippen LogP contribution in [0.4, 0.5) is 0 Å². The molecule has 11 heteroatoms. The van der Waals surface area contributed by atoms with Crippen molar-refractivity contribution in [1.29, 1.82) is 0 Å². The summed E-state index contributed by atoms with van der Waals surface area (Å²) >= 11 is 12.2. The van der Waals surface area contributed by atoms with Crippen LogP contribution in [0.5, 0.6) is 5.88 Å². The zero-order valence-electron chi connectivity index (χ0n) is 19.1. The second-order valence-corrected chi connectivity index (χ2v) is 9.67. The van der Waals surface area contributed by atoms with Crippen molar-refractivity contribution in [3.8, 4) is 11.6 Å². The van der Waals surface area contributed by atoms with Gasteiger partial charge in [0.15, 0.2) is 5.56 Å². The molecule has 0 atom stereocenters. The second kappa shape index (κ2) is 9.97. The topological polar surface area (TPSA) is 131 Å². The molecule has 0 saturated carbocycles. The summed E-state index contributed by atoms with van der Waals surface area (Å²) in [6, 6.07) is 11.3. The van der Waals surface area contributed by atoms with Crippen molar-refractivity contribution in [2.24, 2.45) is 0 Å². The molecule has 0 saturated heterocycles. The number of amides is 1. The fraction of sp³-hybridized carbons (Fsp3) is 0.250. The first-order chi connectivity index (χ1) is 16.3. The number of rotatable bonds is 6. The highest BCUT2D eigenvalue weighted by atomic mass is 35.5. The number of benzene rings is 2. The van der Waals surface area contributed by atoms with Gasteiger partial charge in [-0.15, -0.1) is 0 Å². The number of aliphatic carboxylic acids is 1. The molecule has 0 aliphatic carbocycles. The van der Waals surface area contributed by atoms with E-state index in [4.69, 9.17) is 28.3 Å². The van der Waals surface area contributed by atoms with E-state index in [0.29, 0.717) is 10.1 Å². The van der Waals surface area contributed by atoms with Crippen LogP contribution >= 0.6 is 23.2 Å². The summed E-state index contributed by atoms with van der Waals surface area (Å²) < 4.78 is 1.48. The van der Waals surface area contributed by atoms with Crippen LogP contribution in [0.1, 0.15) is 42.3 Å². The molecular formula is C24H23Cl2N3O6. The quantitative estimate of drug-likeness (QED) is 0.458. The lowest BCUT2D eigenvalue weighted by atomic mass is 9.87. The Morgan fingerprint density at radius 1 is 1.03 bits per heavy atom. The Kier molecular flexibility index (Phi) is 7.42. The molecule has 0 aliphatic rings. The van der Waals surface area contributed by atoms with Crippen molar-refractivity contribution >= 4 is 35.1 Å². The van der Waals surface area contributed by atoms with Crippen LogP contribution in [-0.4, -0.2) is 37.8 Å². The van der Waals surface area contributed by atoms with Crippen molar-refractivity contribution < 1.29 is 19.8 Å². The standard InChI is InChI=1S/C24H23Cl2N3O6/c1-24(2,3)14-6-4-13(5-7-14)12-28-21(33)19(20(32)27-11-18(30)31)22(34)29(23(28)35)17-9-8-15(25)10-16(17)26/h4-10,34H,11-12H2,1-3H3,(H,27,32)(H,30,31). The maximum absolute atomic E-state index is 13.4. The molecule has 3 aromatic rings. The molecule has 2 aromatic carbocycles. The van der Waals surface area contributed by atoms with Gasteiger partial charge >= 0.3 is 11.7 Å². The third kappa shape index (κ3) is 5.58. The van der Waals surface area contributed by atoms with E-state index in [0.717, 1.165) is 10.1 Å². The molecule has 1 aromatic heterocycles. The van der Waals surface area contributed by atoms with Crippen molar-refractivity contribution in [3.05, 3.63) is 90.0 Å². The second-order valence-electron chi connectivity index (χ2n) is 8.83. The summed E-state index contributed by atoms with van der Waals surface area (Å²) in [6.45, 7) is 5.12. The van der Waals surface area contributed by atoms with E-state index in [1.165, 1.54) is 18.2 Å². The molecular weight excluding hydrogens is 497 g/mol. The number of carbonyl (C=O) groups is 2. The Balaban J connectivity index is 2.23. The van der Waals surface area contributed by atoms with Gasteiger partial charge in [0.05, 0.1) is 17.3 Å². The van der Waals surface area contributed by atoms with E-state index in [1.807, 2.05) is 38.2 Å². The van der Waals surface area contributed by atoms with Crippen LogP contribution in [0.15, 0.2) is 52.1 Å². The zero-order chi connectivity index (χ0) is 26.1. The molecule has 1 heterocycles. The minimum Gasteiger partial charge on any atom is -0.493 e. The number of nitrogens with one attached hydrogen (secondary N) is 1. The van der Waals surface area contributed by atoms with Gasteiger partial charge in [0.2, 0.25) is 5.88 Å². The predicted molar refractivity (Wildman–Crippen MR) is 132 cm³/mol. The zero-order valence-corrected chi connectivity index (χ0v) is 20.6. The Morgan fingerprint density at radius 2 is 1.66 bits per heavy atom. The first kappa shape index (κ1) is 26.1. The summed E-state index contributed by atoms with van der Waals surface area (Å²) in [5.41, 5.74) is -1.35. The van der Waals surface area contributed by atoms with Gasteiger partial charge in [-0.2, -0.15) is 0 Å². The van der Waals surface area contributed by atoms with Crippen molar-refractivity contribution in [3.63, 3.8) is 0 Å². The molecule has 3 N–H and O–H groups in total. The molecule has 3 rings (SSSR count). The largest absolute Gasteiger partial charge is 0.493 e. The van der Waals surface area contributed by atoms with Crippen molar-refractivity contribution in [1.82, 2.24) is 14.5 Å². The van der Waals surface area contributed by atoms with Gasteiger partial charge < -0.3 is 15.5 Å². The first-order valence-electron chi connectivity index (χ1n) is 10.4. The molecule has 184 valence electrons. The highest BCUT2D eigenvalue weighted by molar-refractivity contribution is 6.35. The molecule has 35 heavy (non-hydrogen) atoms.